The second-order valence-corrected chi connectivity index (χ2v) is 21.4. The lowest BCUT2D eigenvalue weighted by molar-refractivity contribution is 0.437. The molecule has 4 aliphatic rings. The quantitative estimate of drug-likeness (QED) is 0.0459. The smallest absolute Gasteiger partial charge is 0.164 e. The second kappa shape index (κ2) is 20.1. The summed E-state index contributed by atoms with van der Waals surface area (Å²) in [5.74, 6) is 8.40. The Morgan fingerprint density at radius 1 is 0.594 bits per heavy atom. The lowest BCUT2D eigenvalue weighted by Crippen LogP contribution is -2.36. The molecule has 334 valence electrons. The SMILES string of the molecule is CCNCCSc1cccc2c3[nH]c(c12)/N=C1\N=C(NC2N/C(=N\C4=NC(N3)c3c(SCCN(C)C)cccc34)c3c(SCCN(C)C)cccc32)c2c(SCCN(C)C)cccc21. The molecule has 0 fully saturated rings. The number of nitrogens with zero attached hydrogens (tertiary/aromatic N) is 7. The molecule has 2 atom stereocenters. The van der Waals surface area contributed by atoms with Crippen LogP contribution in [0.15, 0.2) is 112 Å². The Labute approximate surface area is 394 Å². The van der Waals surface area contributed by atoms with E-state index in [0.717, 1.165) is 123 Å². The summed E-state index contributed by atoms with van der Waals surface area (Å²) >= 11 is 7.45. The molecule has 8 bridgehead atoms. The number of benzene rings is 4. The van der Waals surface area contributed by atoms with Crippen molar-refractivity contribution in [2.45, 2.75) is 38.8 Å². The number of hydrogen-bond acceptors (Lipinski definition) is 15. The van der Waals surface area contributed by atoms with E-state index in [1.807, 2.05) is 47.0 Å². The zero-order chi connectivity index (χ0) is 44.3. The van der Waals surface area contributed by atoms with Crippen LogP contribution in [0.2, 0.25) is 0 Å². The monoisotopic (exact) mass is 930 g/mol. The molecular weight excluding hydrogens is 873 g/mol. The fourth-order valence-electron chi connectivity index (χ4n) is 8.20. The molecule has 0 radical (unpaired) electrons. The molecule has 0 spiro atoms. The van der Waals surface area contributed by atoms with Gasteiger partial charge in [0, 0.05) is 113 Å². The zero-order valence-corrected chi connectivity index (χ0v) is 41.0. The Hall–Kier alpha value is -4.26. The number of rotatable bonds is 17. The van der Waals surface area contributed by atoms with Crippen LogP contribution in [0.25, 0.3) is 10.8 Å². The van der Waals surface area contributed by atoms with E-state index in [9.17, 15) is 0 Å². The Morgan fingerprint density at radius 2 is 1.17 bits per heavy atom. The summed E-state index contributed by atoms with van der Waals surface area (Å²) in [4.78, 5) is 37.1. The van der Waals surface area contributed by atoms with Crippen molar-refractivity contribution in [1.82, 2.24) is 35.6 Å². The normalized spacial score (nSPS) is 18.8. The van der Waals surface area contributed by atoms with Gasteiger partial charge in [0.25, 0.3) is 0 Å². The molecular formula is C48H58N12S4. The van der Waals surface area contributed by atoms with E-state index < -0.39 is 6.17 Å². The van der Waals surface area contributed by atoms with Gasteiger partial charge in [-0.25, -0.2) is 20.0 Å². The number of aromatic nitrogens is 1. The molecule has 9 rings (SSSR count). The highest BCUT2D eigenvalue weighted by Gasteiger charge is 2.36. The summed E-state index contributed by atoms with van der Waals surface area (Å²) in [5, 5.41) is 17.3. The standard InChI is InChI=1S/C48H58N12S4/c1-8-49-21-25-61-33-17-9-13-29-37(33)45-50-41(29)52-46-39-31(15-11-19-35(39)63-27-23-59(4)5)43(54-46)56-48-40-32(16-12-20-36(40)64-28-24-60(6)7)44(57-48)55-47-38-30(42(51-45)53-47)14-10-18-34(38)62-26-22-58(2)3/h9-20,44,46,49-50,52H,8,21-28H2,1-7H3,(H,51,53,55)(H,54,56,57). The molecule has 5 aromatic rings. The highest BCUT2D eigenvalue weighted by Crippen LogP contribution is 2.45. The molecule has 16 heteroatoms. The Kier molecular flexibility index (Phi) is 14.1. The molecule has 5 N–H and O–H groups in total. The highest BCUT2D eigenvalue weighted by molar-refractivity contribution is 8.00. The first-order chi connectivity index (χ1) is 31.2. The van der Waals surface area contributed by atoms with Crippen molar-refractivity contribution in [2.75, 3.05) is 103 Å². The maximum Gasteiger partial charge on any atom is 0.164 e. The molecule has 0 aliphatic carbocycles. The molecule has 1 aromatic heterocycles. The molecule has 4 aliphatic heterocycles. The predicted octanol–water partition coefficient (Wildman–Crippen LogP) is 8.19. The third-order valence-corrected chi connectivity index (χ3v) is 15.6. The molecule has 0 saturated heterocycles. The van der Waals surface area contributed by atoms with E-state index >= 15 is 0 Å². The van der Waals surface area contributed by atoms with Crippen molar-refractivity contribution in [2.24, 2.45) is 20.0 Å². The van der Waals surface area contributed by atoms with Crippen LogP contribution in [0.4, 0.5) is 11.6 Å². The van der Waals surface area contributed by atoms with E-state index in [1.54, 1.807) is 0 Å². The third kappa shape index (κ3) is 9.52. The Bertz CT molecular complexity index is 2650. The van der Waals surface area contributed by atoms with Gasteiger partial charge in [0.15, 0.2) is 11.7 Å². The average Bonchev–Trinajstić information content (AvgIpc) is 4.01. The summed E-state index contributed by atoms with van der Waals surface area (Å²) in [6.07, 6.45) is -0.696. The van der Waals surface area contributed by atoms with Gasteiger partial charge >= 0.3 is 0 Å². The number of hydrogen-bond donors (Lipinski definition) is 5. The first kappa shape index (κ1) is 44.9. The van der Waals surface area contributed by atoms with E-state index in [-0.39, 0.29) is 6.17 Å². The van der Waals surface area contributed by atoms with E-state index in [4.69, 9.17) is 20.0 Å². The average molecular weight is 931 g/mol. The van der Waals surface area contributed by atoms with Gasteiger partial charge in [-0.1, -0.05) is 55.5 Å². The third-order valence-electron chi connectivity index (χ3n) is 11.4. The fraction of sp³-hybridized carbons (Fsp3) is 0.375. The summed E-state index contributed by atoms with van der Waals surface area (Å²) in [7, 11) is 12.8. The maximum absolute atomic E-state index is 5.53. The minimum Gasteiger partial charge on any atom is -0.346 e. The van der Waals surface area contributed by atoms with Crippen LogP contribution in [-0.2, 0) is 0 Å². The zero-order valence-electron chi connectivity index (χ0n) is 37.7. The van der Waals surface area contributed by atoms with E-state index in [2.05, 4.69) is 163 Å². The van der Waals surface area contributed by atoms with Crippen molar-refractivity contribution in [3.8, 4) is 0 Å². The highest BCUT2D eigenvalue weighted by atomic mass is 32.2. The van der Waals surface area contributed by atoms with Gasteiger partial charge < -0.3 is 41.0 Å². The van der Waals surface area contributed by atoms with Crippen LogP contribution in [-0.4, -0.2) is 141 Å². The van der Waals surface area contributed by atoms with Gasteiger partial charge in [-0.3, -0.25) is 0 Å². The number of anilines is 1. The molecule has 12 nitrogen and oxygen atoms in total. The molecule has 2 unspecified atom stereocenters. The molecule has 4 aromatic carbocycles. The van der Waals surface area contributed by atoms with Crippen LogP contribution in [0.5, 0.6) is 0 Å². The van der Waals surface area contributed by atoms with Crippen molar-refractivity contribution in [3.05, 3.63) is 106 Å². The van der Waals surface area contributed by atoms with Crippen LogP contribution >= 0.6 is 47.0 Å². The van der Waals surface area contributed by atoms with Crippen LogP contribution in [0.1, 0.15) is 52.6 Å². The Morgan fingerprint density at radius 3 is 1.88 bits per heavy atom. The number of nitrogens with one attached hydrogen (secondary N) is 5. The largest absolute Gasteiger partial charge is 0.346 e. The number of fused-ring (bicyclic) bond motifs is 18. The minimum atomic E-state index is -0.393. The number of aromatic amines is 1. The van der Waals surface area contributed by atoms with Crippen molar-refractivity contribution in [1.29, 1.82) is 0 Å². The first-order valence-corrected chi connectivity index (χ1v) is 26.0. The lowest BCUT2D eigenvalue weighted by atomic mass is 10.1. The number of H-pyrrole nitrogens is 1. The van der Waals surface area contributed by atoms with Gasteiger partial charge in [0.2, 0.25) is 0 Å². The fourth-order valence-corrected chi connectivity index (χ4v) is 12.8. The number of thioether (sulfide) groups is 4. The van der Waals surface area contributed by atoms with Crippen LogP contribution in [0.3, 0.4) is 0 Å². The number of aliphatic imine (C=N–C) groups is 4. The summed E-state index contributed by atoms with van der Waals surface area (Å²) in [6, 6.07) is 26.2. The maximum atomic E-state index is 5.53. The van der Waals surface area contributed by atoms with Crippen LogP contribution in [0, 0.1) is 0 Å². The van der Waals surface area contributed by atoms with E-state index in [0.29, 0.717) is 11.7 Å². The molecule has 0 saturated carbocycles. The molecule has 5 heterocycles. The summed E-state index contributed by atoms with van der Waals surface area (Å²) < 4.78 is 0. The van der Waals surface area contributed by atoms with Gasteiger partial charge in [-0.2, -0.15) is 0 Å². The predicted molar refractivity (Wildman–Crippen MR) is 276 cm³/mol. The summed E-state index contributed by atoms with van der Waals surface area (Å²) in [6.45, 7) is 6.90. The van der Waals surface area contributed by atoms with Gasteiger partial charge in [-0.15, -0.1) is 47.0 Å². The van der Waals surface area contributed by atoms with E-state index in [1.165, 1.54) is 19.6 Å². The van der Waals surface area contributed by atoms with Gasteiger partial charge in [0.05, 0.1) is 0 Å². The van der Waals surface area contributed by atoms with Crippen molar-refractivity contribution < 1.29 is 0 Å². The summed E-state index contributed by atoms with van der Waals surface area (Å²) in [5.41, 5.74) is 6.49. The molecule has 64 heavy (non-hydrogen) atoms. The van der Waals surface area contributed by atoms with Crippen LogP contribution < -0.4 is 21.3 Å². The van der Waals surface area contributed by atoms with Crippen molar-refractivity contribution in [3.63, 3.8) is 0 Å². The second-order valence-electron chi connectivity index (χ2n) is 16.9. The number of amidine groups is 4. The topological polar surface area (TPSA) is 123 Å². The minimum absolute atomic E-state index is 0.303. The molecule has 0 amide bonds. The lowest BCUT2D eigenvalue weighted by Gasteiger charge is -2.18. The van der Waals surface area contributed by atoms with Gasteiger partial charge in [0.1, 0.15) is 35.6 Å². The first-order valence-electron chi connectivity index (χ1n) is 22.0. The Balaban J connectivity index is 1.24. The van der Waals surface area contributed by atoms with Crippen molar-refractivity contribution >= 4 is 92.8 Å². The van der Waals surface area contributed by atoms with Gasteiger partial charge in [-0.05, 0) is 73.1 Å².